The van der Waals surface area contributed by atoms with Crippen LogP contribution < -0.4 is 34.9 Å². The molecule has 0 radical (unpaired) electrons. The standard InChI is InChI=1S/C32H25N7O2.C28H23N5O.C24H17N7O/c1-21-17-25(24-13-15-34-16-14-24)7-12-28(21)41-31-29-30(35-20-39(29)19-23-5-10-27(40-2)11-6-23)37-32(38-31)36-26-8-3-22(18-33)4-9-26;1-18-15-22(21-7-5-4-6-8-21)16-19(2)26(18)34-27-25-24(13-14-33(25)3)31-28(32-27)30-23-11-9-20(17-29)10-12-23;1-15-12-18(17-8-10-26-11-9-17)4-7-20(15)32-23-21-22(28-14-27-21)30-24(31-23)29-19-5-2-16(13-25)3-6-19/h3-17,20H,19H2,1-2H3,(H,36,37,38);4-16H,1-3H3,(H,30,31,32);2-12,14H,1H3,(H2,27,28,29,30,31). The highest BCUT2D eigenvalue weighted by Gasteiger charge is 2.21. The van der Waals surface area contributed by atoms with Gasteiger partial charge >= 0.3 is 0 Å². The van der Waals surface area contributed by atoms with Gasteiger partial charge in [-0.15, -0.1) is 0 Å². The average Bonchev–Trinajstić information content (AvgIpc) is 1.66. The lowest BCUT2D eigenvalue weighted by Crippen LogP contribution is -2.04. The maximum absolute atomic E-state index is 9.12. The molecule has 0 amide bonds. The molecule has 16 rings (SSSR count). The number of hydrogen-bond acceptors (Lipinski definition) is 20. The molecule has 23 heteroatoms. The van der Waals surface area contributed by atoms with Gasteiger partial charge in [0.15, 0.2) is 16.8 Å². The van der Waals surface area contributed by atoms with Crippen LogP contribution in [0.1, 0.15) is 44.5 Å². The Morgan fingerprint density at radius 1 is 0.439 bits per heavy atom. The van der Waals surface area contributed by atoms with Gasteiger partial charge in [0.05, 0.1) is 60.2 Å². The van der Waals surface area contributed by atoms with Crippen molar-refractivity contribution >= 4 is 68.3 Å². The third kappa shape index (κ3) is 16.1. The first kappa shape index (κ1) is 69.0. The number of hydrogen-bond donors (Lipinski definition) is 4. The fraction of sp³-hybridized carbons (Fsp3) is 0.0833. The number of rotatable bonds is 18. The number of methoxy groups -OCH3 is 1. The number of benzene rings is 8. The number of nitrogens with zero attached hydrogens (tertiary/aromatic N) is 15. The zero-order valence-corrected chi connectivity index (χ0v) is 58.7. The van der Waals surface area contributed by atoms with E-state index in [9.17, 15) is 0 Å². The van der Waals surface area contributed by atoms with Crippen molar-refractivity contribution in [2.24, 2.45) is 7.05 Å². The van der Waals surface area contributed by atoms with Gasteiger partial charge in [-0.2, -0.15) is 40.7 Å². The minimum absolute atomic E-state index is 0.331. The molecule has 23 nitrogen and oxygen atoms in total. The van der Waals surface area contributed by atoms with Crippen LogP contribution in [0, 0.1) is 61.7 Å². The topological polar surface area (TPSA) is 299 Å². The molecule has 0 spiro atoms. The number of nitriles is 3. The summed E-state index contributed by atoms with van der Waals surface area (Å²) in [5.41, 5.74) is 19.5. The zero-order valence-electron chi connectivity index (χ0n) is 58.7. The van der Waals surface area contributed by atoms with Crippen LogP contribution in [0.5, 0.6) is 40.6 Å². The van der Waals surface area contributed by atoms with Crippen LogP contribution in [0.3, 0.4) is 0 Å². The summed E-state index contributed by atoms with van der Waals surface area (Å²) in [5.74, 6) is 5.24. The summed E-state index contributed by atoms with van der Waals surface area (Å²) in [6.45, 7) is 8.63. The SMILES string of the molecule is COc1ccc(Cn2cnc3nc(Nc4ccc(C#N)cc4)nc(Oc4ccc(-c5ccncc5)cc4C)c32)cc1.Cc1cc(-c2ccccc2)cc(C)c1Oc1nc(Nc2ccc(C#N)cc2)nc2ccn(C)c12.Cc1cc(-c2ccncc2)ccc1Oc1nc(Nc2ccc(C#N)cc2)nc2nc[nH]c12. The van der Waals surface area contributed by atoms with Gasteiger partial charge in [-0.3, -0.25) is 9.97 Å². The number of imidazole rings is 2. The second-order valence-electron chi connectivity index (χ2n) is 24.7. The predicted molar refractivity (Wildman–Crippen MR) is 411 cm³/mol. The van der Waals surface area contributed by atoms with Crippen molar-refractivity contribution < 1.29 is 18.9 Å². The zero-order chi connectivity index (χ0) is 73.8. The van der Waals surface area contributed by atoms with Crippen molar-refractivity contribution in [1.29, 1.82) is 15.8 Å². The number of aryl methyl sites for hydroxylation is 5. The lowest BCUT2D eigenvalue weighted by atomic mass is 10.00. The van der Waals surface area contributed by atoms with Gasteiger partial charge in [-0.1, -0.05) is 54.6 Å². The highest BCUT2D eigenvalue weighted by atomic mass is 16.5. The van der Waals surface area contributed by atoms with Gasteiger partial charge in [0.1, 0.15) is 34.0 Å². The average molecular weight is 1400 g/mol. The van der Waals surface area contributed by atoms with Gasteiger partial charge in [0.2, 0.25) is 23.7 Å². The van der Waals surface area contributed by atoms with E-state index in [1.807, 2.05) is 159 Å². The Hall–Kier alpha value is -15.2. The molecule has 4 N–H and O–H groups in total. The Morgan fingerprint density at radius 2 is 0.916 bits per heavy atom. The Morgan fingerprint density at radius 3 is 1.43 bits per heavy atom. The number of aromatic nitrogens is 13. The first-order valence-corrected chi connectivity index (χ1v) is 33.7. The third-order valence-corrected chi connectivity index (χ3v) is 17.3. The monoisotopic (exact) mass is 1400 g/mol. The quantitative estimate of drug-likeness (QED) is 0.0620. The third-order valence-electron chi connectivity index (χ3n) is 17.3. The number of ether oxygens (including phenoxy) is 4. The van der Waals surface area contributed by atoms with Crippen LogP contribution >= 0.6 is 0 Å². The summed E-state index contributed by atoms with van der Waals surface area (Å²) in [6, 6.07) is 71.9. The van der Waals surface area contributed by atoms with Crippen LogP contribution in [0.4, 0.5) is 34.9 Å². The Kier molecular flexibility index (Phi) is 20.2. The maximum Gasteiger partial charge on any atom is 0.250 e. The van der Waals surface area contributed by atoms with Crippen molar-refractivity contribution in [3.8, 4) is 92.2 Å². The maximum atomic E-state index is 9.12. The molecule has 0 unspecified atom stereocenters. The molecule has 0 saturated carbocycles. The fourth-order valence-corrected chi connectivity index (χ4v) is 11.8. The van der Waals surface area contributed by atoms with E-state index in [1.54, 1.807) is 105 Å². The van der Waals surface area contributed by atoms with Gasteiger partial charge in [0.25, 0.3) is 11.8 Å². The van der Waals surface area contributed by atoms with Crippen LogP contribution in [-0.4, -0.2) is 71.1 Å². The minimum Gasteiger partial charge on any atom is -0.497 e. The largest absolute Gasteiger partial charge is 0.497 e. The molecule has 520 valence electrons. The molecular formula is C84H65N19O4. The van der Waals surface area contributed by atoms with E-state index < -0.39 is 0 Å². The second-order valence-corrected chi connectivity index (χ2v) is 24.7. The molecule has 8 heterocycles. The van der Waals surface area contributed by atoms with Crippen LogP contribution in [-0.2, 0) is 13.6 Å². The van der Waals surface area contributed by atoms with Crippen LogP contribution in [0.15, 0.2) is 250 Å². The lowest BCUT2D eigenvalue weighted by molar-refractivity contribution is 0.414. The normalized spacial score (nSPS) is 10.7. The molecule has 0 atom stereocenters. The fourth-order valence-electron chi connectivity index (χ4n) is 11.8. The van der Waals surface area contributed by atoms with Crippen LogP contribution in [0.2, 0.25) is 0 Å². The van der Waals surface area contributed by atoms with Crippen molar-refractivity contribution in [2.45, 2.75) is 34.2 Å². The van der Waals surface area contributed by atoms with E-state index in [-0.39, 0.29) is 0 Å². The number of fused-ring (bicyclic) bond motifs is 3. The van der Waals surface area contributed by atoms with Crippen molar-refractivity contribution in [3.63, 3.8) is 0 Å². The number of nitrogens with one attached hydrogen (secondary N) is 4. The molecule has 0 fully saturated rings. The highest BCUT2D eigenvalue weighted by molar-refractivity contribution is 5.84. The van der Waals surface area contributed by atoms with Crippen molar-refractivity contribution in [1.82, 2.24) is 64.0 Å². The minimum atomic E-state index is 0.331. The molecule has 0 aliphatic carbocycles. The van der Waals surface area contributed by atoms with E-state index in [0.29, 0.717) is 92.5 Å². The first-order valence-electron chi connectivity index (χ1n) is 33.7. The van der Waals surface area contributed by atoms with Crippen molar-refractivity contribution in [2.75, 3.05) is 23.1 Å². The Bertz CT molecular complexity index is 5970. The predicted octanol–water partition coefficient (Wildman–Crippen LogP) is 18.5. The summed E-state index contributed by atoms with van der Waals surface area (Å²) in [5, 5.41) is 36.7. The summed E-state index contributed by atoms with van der Waals surface area (Å²) >= 11 is 0. The molecule has 107 heavy (non-hydrogen) atoms. The molecule has 0 aliphatic heterocycles. The van der Waals surface area contributed by atoms with E-state index >= 15 is 0 Å². The molecule has 0 saturated heterocycles. The Balaban J connectivity index is 0.000000136. The van der Waals surface area contributed by atoms with E-state index in [1.165, 1.54) is 5.56 Å². The molecule has 0 aliphatic rings. The summed E-state index contributed by atoms with van der Waals surface area (Å²) < 4.78 is 28.3. The van der Waals surface area contributed by atoms with E-state index in [2.05, 4.69) is 115 Å². The molecular weight excluding hydrogens is 1340 g/mol. The van der Waals surface area contributed by atoms with Gasteiger partial charge < -0.3 is 49.0 Å². The number of pyridine rings is 2. The smallest absolute Gasteiger partial charge is 0.250 e. The van der Waals surface area contributed by atoms with E-state index in [4.69, 9.17) is 44.7 Å². The Labute approximate surface area is 614 Å². The second kappa shape index (κ2) is 31.4. The number of anilines is 6. The first-order chi connectivity index (χ1) is 52.3. The van der Waals surface area contributed by atoms with Gasteiger partial charge in [-0.05, 0) is 241 Å². The molecule has 0 bridgehead atoms. The molecule has 16 aromatic rings. The summed E-state index contributed by atoms with van der Waals surface area (Å²) in [7, 11) is 3.60. The van der Waals surface area contributed by atoms with E-state index in [0.717, 1.165) is 95.2 Å². The summed E-state index contributed by atoms with van der Waals surface area (Å²) in [6.07, 6.45) is 12.3. The van der Waals surface area contributed by atoms with Gasteiger partial charge in [0, 0.05) is 61.6 Å². The number of H-pyrrole nitrogens is 1. The molecule has 8 aromatic carbocycles. The lowest BCUT2D eigenvalue weighted by Gasteiger charge is -2.15. The highest BCUT2D eigenvalue weighted by Crippen LogP contribution is 2.39. The van der Waals surface area contributed by atoms with Crippen molar-refractivity contribution in [3.05, 3.63) is 294 Å². The summed E-state index contributed by atoms with van der Waals surface area (Å²) in [4.78, 5) is 47.8. The van der Waals surface area contributed by atoms with Crippen LogP contribution in [0.25, 0.3) is 66.7 Å². The molecule has 8 aromatic heterocycles. The van der Waals surface area contributed by atoms with Gasteiger partial charge in [-0.25, -0.2) is 15.0 Å². The number of aromatic amines is 1.